The van der Waals surface area contributed by atoms with Gasteiger partial charge in [-0.25, -0.2) is 14.4 Å². The van der Waals surface area contributed by atoms with Crippen molar-refractivity contribution >= 4 is 39.9 Å². The van der Waals surface area contributed by atoms with Crippen molar-refractivity contribution in [3.05, 3.63) is 53.2 Å². The van der Waals surface area contributed by atoms with E-state index in [0.717, 1.165) is 28.4 Å². The summed E-state index contributed by atoms with van der Waals surface area (Å²) in [6.45, 7) is 0. The van der Waals surface area contributed by atoms with Crippen LogP contribution in [0.25, 0.3) is 16.6 Å². The van der Waals surface area contributed by atoms with E-state index in [2.05, 4.69) is 20.2 Å². The molecule has 11 heteroatoms. The minimum atomic E-state index is -4.57. The van der Waals surface area contributed by atoms with Crippen LogP contribution >= 0.6 is 23.4 Å². The van der Waals surface area contributed by atoms with E-state index < -0.39 is 17.6 Å². The normalized spacial score (nSPS) is 12.2. The van der Waals surface area contributed by atoms with Crippen LogP contribution in [0, 0.1) is 5.82 Å². The second-order valence-corrected chi connectivity index (χ2v) is 6.56. The Balaban J connectivity index is 1.86. The first-order chi connectivity index (χ1) is 12.3. The summed E-state index contributed by atoms with van der Waals surface area (Å²) in [6, 6.07) is 4.77. The molecule has 3 aromatic heterocycles. The topological polar surface area (TPSA) is 56.0 Å². The predicted octanol–water partition coefficient (Wildman–Crippen LogP) is 4.64. The van der Waals surface area contributed by atoms with Gasteiger partial charge in [0.15, 0.2) is 5.65 Å². The molecule has 5 nitrogen and oxygen atoms in total. The van der Waals surface area contributed by atoms with Crippen LogP contribution < -0.4 is 0 Å². The molecule has 0 aliphatic heterocycles. The Labute approximate surface area is 152 Å². The molecule has 0 atom stereocenters. The van der Waals surface area contributed by atoms with E-state index in [0.29, 0.717) is 15.9 Å². The van der Waals surface area contributed by atoms with Crippen LogP contribution in [0.1, 0.15) is 5.56 Å². The van der Waals surface area contributed by atoms with Crippen LogP contribution in [-0.4, -0.2) is 24.6 Å². The first-order valence-electron chi connectivity index (χ1n) is 7.02. The standard InChI is InChI=1S/C15H6ClF4N5S/c16-10-3-7(15(18,19)20)5-25-12(10)23-24-14(25)26-13-9-4-8(17)1-2-11(9)21-6-22-13/h1-6H. The van der Waals surface area contributed by atoms with Crippen molar-refractivity contribution in [2.45, 2.75) is 16.4 Å². The van der Waals surface area contributed by atoms with Gasteiger partial charge >= 0.3 is 6.18 Å². The average Bonchev–Trinajstić information content (AvgIpc) is 2.98. The van der Waals surface area contributed by atoms with E-state index in [4.69, 9.17) is 11.6 Å². The molecule has 0 aliphatic carbocycles. The number of hydrogen-bond acceptors (Lipinski definition) is 5. The fourth-order valence-corrected chi connectivity index (χ4v) is 3.44. The van der Waals surface area contributed by atoms with Crippen molar-refractivity contribution in [3.8, 4) is 0 Å². The number of benzene rings is 1. The number of aromatic nitrogens is 5. The average molecular weight is 400 g/mol. The summed E-state index contributed by atoms with van der Waals surface area (Å²) in [5, 5.41) is 8.35. The van der Waals surface area contributed by atoms with Crippen LogP contribution in [0.4, 0.5) is 17.6 Å². The lowest BCUT2D eigenvalue weighted by atomic mass is 10.2. The molecule has 3 heterocycles. The van der Waals surface area contributed by atoms with E-state index in [1.807, 2.05) is 0 Å². The lowest BCUT2D eigenvalue weighted by Crippen LogP contribution is -2.07. The highest BCUT2D eigenvalue weighted by Gasteiger charge is 2.32. The highest BCUT2D eigenvalue weighted by Crippen LogP contribution is 2.35. The maximum atomic E-state index is 13.5. The van der Waals surface area contributed by atoms with Crippen molar-refractivity contribution in [2.75, 3.05) is 0 Å². The molecule has 26 heavy (non-hydrogen) atoms. The molecule has 0 spiro atoms. The Morgan fingerprint density at radius 1 is 1.08 bits per heavy atom. The van der Waals surface area contributed by atoms with Crippen molar-refractivity contribution in [3.63, 3.8) is 0 Å². The first-order valence-corrected chi connectivity index (χ1v) is 8.22. The molecular weight excluding hydrogens is 394 g/mol. The molecule has 0 fully saturated rings. The molecule has 1 aromatic carbocycles. The fraction of sp³-hybridized carbons (Fsp3) is 0.0667. The molecule has 0 unspecified atom stereocenters. The minimum Gasteiger partial charge on any atom is -0.275 e. The van der Waals surface area contributed by atoms with E-state index in [-0.39, 0.29) is 15.8 Å². The monoisotopic (exact) mass is 399 g/mol. The molecule has 132 valence electrons. The third-order valence-corrected chi connectivity index (χ3v) is 4.76. The van der Waals surface area contributed by atoms with Gasteiger partial charge in [-0.2, -0.15) is 13.2 Å². The Kier molecular flexibility index (Phi) is 3.96. The van der Waals surface area contributed by atoms with E-state index in [1.165, 1.54) is 24.5 Å². The van der Waals surface area contributed by atoms with Gasteiger partial charge in [0.25, 0.3) is 0 Å². The molecule has 0 aliphatic rings. The van der Waals surface area contributed by atoms with Gasteiger partial charge < -0.3 is 0 Å². The van der Waals surface area contributed by atoms with Gasteiger partial charge in [-0.3, -0.25) is 4.40 Å². The highest BCUT2D eigenvalue weighted by molar-refractivity contribution is 7.99. The SMILES string of the molecule is Fc1ccc2ncnc(Sc3nnc4c(Cl)cc(C(F)(F)F)cn34)c2c1. The maximum absolute atomic E-state index is 13.5. The zero-order valence-electron chi connectivity index (χ0n) is 12.5. The number of nitrogens with zero attached hydrogens (tertiary/aromatic N) is 5. The molecule has 4 rings (SSSR count). The van der Waals surface area contributed by atoms with E-state index in [9.17, 15) is 17.6 Å². The maximum Gasteiger partial charge on any atom is 0.417 e. The lowest BCUT2D eigenvalue weighted by Gasteiger charge is -2.09. The third-order valence-electron chi connectivity index (χ3n) is 3.50. The van der Waals surface area contributed by atoms with E-state index in [1.54, 1.807) is 0 Å². The van der Waals surface area contributed by atoms with Gasteiger partial charge in [0.1, 0.15) is 17.2 Å². The van der Waals surface area contributed by atoms with Gasteiger partial charge in [0.05, 0.1) is 16.1 Å². The van der Waals surface area contributed by atoms with Crippen molar-refractivity contribution in [1.29, 1.82) is 0 Å². The van der Waals surface area contributed by atoms with Crippen LogP contribution in [-0.2, 0) is 6.18 Å². The number of fused-ring (bicyclic) bond motifs is 2. The van der Waals surface area contributed by atoms with Crippen LogP contribution in [0.2, 0.25) is 5.02 Å². The van der Waals surface area contributed by atoms with Crippen molar-refractivity contribution < 1.29 is 17.6 Å². The summed E-state index contributed by atoms with van der Waals surface area (Å²) in [5.74, 6) is -0.484. The second-order valence-electron chi connectivity index (χ2n) is 5.19. The smallest absolute Gasteiger partial charge is 0.275 e. The van der Waals surface area contributed by atoms with Crippen LogP contribution in [0.15, 0.2) is 47.0 Å². The molecular formula is C15H6ClF4N5S. The first kappa shape index (κ1) is 17.0. The molecule has 0 saturated carbocycles. The van der Waals surface area contributed by atoms with Crippen LogP contribution in [0.3, 0.4) is 0 Å². The zero-order valence-corrected chi connectivity index (χ0v) is 14.1. The van der Waals surface area contributed by atoms with Gasteiger partial charge in [0, 0.05) is 11.6 Å². The molecule has 0 bridgehead atoms. The van der Waals surface area contributed by atoms with Gasteiger partial charge in [-0.1, -0.05) is 11.6 Å². The third kappa shape index (κ3) is 2.95. The quantitative estimate of drug-likeness (QED) is 0.363. The van der Waals surface area contributed by atoms with E-state index >= 15 is 0 Å². The van der Waals surface area contributed by atoms with Gasteiger partial charge in [0.2, 0.25) is 5.16 Å². The molecule has 0 saturated heterocycles. The number of halogens is 5. The Bertz CT molecular complexity index is 1140. The Morgan fingerprint density at radius 3 is 2.65 bits per heavy atom. The molecule has 0 amide bonds. The number of alkyl halides is 3. The largest absolute Gasteiger partial charge is 0.417 e. The van der Waals surface area contributed by atoms with Crippen LogP contribution in [0.5, 0.6) is 0 Å². The summed E-state index contributed by atoms with van der Waals surface area (Å²) in [4.78, 5) is 8.10. The Morgan fingerprint density at radius 2 is 1.88 bits per heavy atom. The van der Waals surface area contributed by atoms with Gasteiger partial charge in [-0.15, -0.1) is 10.2 Å². The predicted molar refractivity (Wildman–Crippen MR) is 86.6 cm³/mol. The molecule has 0 N–H and O–H groups in total. The number of pyridine rings is 1. The summed E-state index contributed by atoms with van der Waals surface area (Å²) in [7, 11) is 0. The summed E-state index contributed by atoms with van der Waals surface area (Å²) in [5.41, 5.74) is -0.367. The molecule has 0 radical (unpaired) electrons. The summed E-state index contributed by atoms with van der Waals surface area (Å²) < 4.78 is 53.8. The second kappa shape index (κ2) is 6.06. The van der Waals surface area contributed by atoms with Crippen molar-refractivity contribution in [2.24, 2.45) is 0 Å². The summed E-state index contributed by atoms with van der Waals surface area (Å²) in [6.07, 6.45) is -2.44. The molecule has 4 aromatic rings. The van der Waals surface area contributed by atoms with Gasteiger partial charge in [-0.05, 0) is 36.0 Å². The Hall–Kier alpha value is -2.46. The number of rotatable bonds is 2. The number of hydrogen-bond donors (Lipinski definition) is 0. The summed E-state index contributed by atoms with van der Waals surface area (Å²) >= 11 is 6.83. The zero-order chi connectivity index (χ0) is 18.5. The minimum absolute atomic E-state index is 0.0757. The van der Waals surface area contributed by atoms with Crippen molar-refractivity contribution in [1.82, 2.24) is 24.6 Å². The lowest BCUT2D eigenvalue weighted by molar-refractivity contribution is -0.137. The highest BCUT2D eigenvalue weighted by atomic mass is 35.5. The fourth-order valence-electron chi connectivity index (χ4n) is 2.33.